The van der Waals surface area contributed by atoms with E-state index in [0.717, 1.165) is 17.9 Å². The lowest BCUT2D eigenvalue weighted by molar-refractivity contribution is 0.465. The second kappa shape index (κ2) is 11.7. The van der Waals surface area contributed by atoms with Crippen molar-refractivity contribution in [3.8, 4) is 0 Å². The molecule has 1 aromatic heterocycles. The molecule has 0 aliphatic heterocycles. The summed E-state index contributed by atoms with van der Waals surface area (Å²) in [7, 11) is 0. The summed E-state index contributed by atoms with van der Waals surface area (Å²) in [6.07, 6.45) is 15.9. The Morgan fingerprint density at radius 3 is 2.14 bits per heavy atom. The zero-order valence-electron chi connectivity index (χ0n) is 14.2. The quantitative estimate of drug-likeness (QED) is 0.553. The number of nitrogens with zero attached hydrogens (tertiary/aromatic N) is 2. The van der Waals surface area contributed by atoms with Crippen LogP contribution >= 0.6 is 0 Å². The Morgan fingerprint density at radius 1 is 0.905 bits per heavy atom. The Bertz CT molecular complexity index is 348. The molecule has 3 heteroatoms. The van der Waals surface area contributed by atoms with Crippen molar-refractivity contribution in [2.45, 2.75) is 84.6 Å². The second-order valence-corrected chi connectivity index (χ2v) is 5.96. The van der Waals surface area contributed by atoms with Gasteiger partial charge in [0.1, 0.15) is 0 Å². The molecule has 0 radical (unpaired) electrons. The molecule has 0 bridgehead atoms. The summed E-state index contributed by atoms with van der Waals surface area (Å²) in [6, 6.07) is 0.364. The number of hydrogen-bond donors (Lipinski definition) is 1. The predicted octanol–water partition coefficient (Wildman–Crippen LogP) is 4.97. The van der Waals surface area contributed by atoms with Crippen molar-refractivity contribution >= 4 is 0 Å². The fraction of sp³-hybridized carbons (Fsp3) is 0.778. The zero-order valence-corrected chi connectivity index (χ0v) is 14.2. The molecule has 1 atom stereocenters. The molecule has 1 heterocycles. The first-order chi connectivity index (χ1) is 10.3. The van der Waals surface area contributed by atoms with E-state index in [0.29, 0.717) is 6.04 Å². The normalized spacial score (nSPS) is 12.5. The molecule has 0 aromatic carbocycles. The highest BCUT2D eigenvalue weighted by atomic mass is 14.9. The van der Waals surface area contributed by atoms with Crippen molar-refractivity contribution in [1.29, 1.82) is 0 Å². The number of aromatic nitrogens is 2. The maximum Gasteiger partial charge on any atom is 0.0756 e. The maximum absolute atomic E-state index is 4.52. The number of hydrogen-bond acceptors (Lipinski definition) is 3. The van der Waals surface area contributed by atoms with Gasteiger partial charge in [0.2, 0.25) is 0 Å². The maximum atomic E-state index is 4.52. The van der Waals surface area contributed by atoms with Gasteiger partial charge in [-0.3, -0.25) is 9.97 Å². The van der Waals surface area contributed by atoms with E-state index in [1.54, 1.807) is 0 Å². The smallest absolute Gasteiger partial charge is 0.0756 e. The summed E-state index contributed by atoms with van der Waals surface area (Å²) < 4.78 is 0. The third kappa shape index (κ3) is 8.15. The minimum absolute atomic E-state index is 0.364. The largest absolute Gasteiger partial charge is 0.309 e. The van der Waals surface area contributed by atoms with Crippen LogP contribution in [0.1, 0.15) is 89.1 Å². The fourth-order valence-electron chi connectivity index (χ4n) is 2.67. The van der Waals surface area contributed by atoms with Crippen molar-refractivity contribution in [3.63, 3.8) is 0 Å². The van der Waals surface area contributed by atoms with E-state index in [1.165, 1.54) is 57.8 Å². The Balaban J connectivity index is 2.21. The molecule has 0 amide bonds. The van der Waals surface area contributed by atoms with Gasteiger partial charge in [0, 0.05) is 6.20 Å². The van der Waals surface area contributed by atoms with Crippen LogP contribution in [0.15, 0.2) is 12.4 Å². The Morgan fingerprint density at radius 2 is 1.57 bits per heavy atom. The van der Waals surface area contributed by atoms with Crippen molar-refractivity contribution in [1.82, 2.24) is 15.3 Å². The van der Waals surface area contributed by atoms with Crippen LogP contribution in [0.25, 0.3) is 0 Å². The summed E-state index contributed by atoms with van der Waals surface area (Å²) in [5.74, 6) is 0. The molecule has 0 saturated heterocycles. The summed E-state index contributed by atoms with van der Waals surface area (Å²) in [5, 5.41) is 3.53. The van der Waals surface area contributed by atoms with Gasteiger partial charge in [-0.15, -0.1) is 0 Å². The minimum atomic E-state index is 0.364. The van der Waals surface area contributed by atoms with Crippen molar-refractivity contribution < 1.29 is 0 Å². The van der Waals surface area contributed by atoms with Gasteiger partial charge in [0.05, 0.1) is 23.6 Å². The third-order valence-corrected chi connectivity index (χ3v) is 3.95. The molecule has 0 aliphatic carbocycles. The summed E-state index contributed by atoms with van der Waals surface area (Å²) in [4.78, 5) is 8.89. The molecule has 120 valence electrons. The van der Waals surface area contributed by atoms with Crippen molar-refractivity contribution in [2.24, 2.45) is 0 Å². The zero-order chi connectivity index (χ0) is 15.3. The number of nitrogens with one attached hydrogen (secondary N) is 1. The molecule has 1 aromatic rings. The molecule has 0 saturated carbocycles. The molecule has 0 spiro atoms. The number of unbranched alkanes of at least 4 members (excludes halogenated alkanes) is 7. The third-order valence-electron chi connectivity index (χ3n) is 3.95. The van der Waals surface area contributed by atoms with Gasteiger partial charge in [0.15, 0.2) is 0 Å². The average molecular weight is 291 g/mol. The first kappa shape index (κ1) is 18.1. The van der Waals surface area contributed by atoms with E-state index in [2.05, 4.69) is 29.1 Å². The van der Waals surface area contributed by atoms with Crippen molar-refractivity contribution in [2.75, 3.05) is 6.54 Å². The summed E-state index contributed by atoms with van der Waals surface area (Å²) in [5.41, 5.74) is 2.08. The van der Waals surface area contributed by atoms with Gasteiger partial charge in [-0.25, -0.2) is 0 Å². The molecule has 0 aliphatic rings. The Hall–Kier alpha value is -0.960. The van der Waals surface area contributed by atoms with E-state index in [9.17, 15) is 0 Å². The molecule has 1 unspecified atom stereocenters. The van der Waals surface area contributed by atoms with Crippen LogP contribution in [0.3, 0.4) is 0 Å². The van der Waals surface area contributed by atoms with Crippen LogP contribution in [0.5, 0.6) is 0 Å². The van der Waals surface area contributed by atoms with E-state index in [-0.39, 0.29) is 0 Å². The standard InChI is InChI=1S/C18H33N3/c1-4-6-7-8-9-10-11-12-13-17(19-5-2)18-15-20-16(3)14-21-18/h14-15,17,19H,4-13H2,1-3H3. The van der Waals surface area contributed by atoms with Crippen molar-refractivity contribution in [3.05, 3.63) is 23.8 Å². The number of rotatable bonds is 12. The Labute approximate surface area is 131 Å². The van der Waals surface area contributed by atoms with Crippen LogP contribution in [-0.4, -0.2) is 16.5 Å². The Kier molecular flexibility index (Phi) is 10.1. The summed E-state index contributed by atoms with van der Waals surface area (Å²) >= 11 is 0. The molecular formula is C18H33N3. The molecule has 0 fully saturated rings. The molecule has 1 rings (SSSR count). The topological polar surface area (TPSA) is 37.8 Å². The number of aryl methyl sites for hydroxylation is 1. The van der Waals surface area contributed by atoms with E-state index < -0.39 is 0 Å². The molecule has 1 N–H and O–H groups in total. The van der Waals surface area contributed by atoms with Gasteiger partial charge < -0.3 is 5.32 Å². The van der Waals surface area contributed by atoms with E-state index in [4.69, 9.17) is 0 Å². The fourth-order valence-corrected chi connectivity index (χ4v) is 2.67. The molecule has 3 nitrogen and oxygen atoms in total. The minimum Gasteiger partial charge on any atom is -0.309 e. The van der Waals surface area contributed by atoms with Crippen LogP contribution in [0.4, 0.5) is 0 Å². The van der Waals surface area contributed by atoms with Crippen LogP contribution < -0.4 is 5.32 Å². The predicted molar refractivity (Wildman–Crippen MR) is 90.4 cm³/mol. The highest BCUT2D eigenvalue weighted by molar-refractivity contribution is 5.05. The molecular weight excluding hydrogens is 258 g/mol. The van der Waals surface area contributed by atoms with Gasteiger partial charge in [-0.05, 0) is 19.9 Å². The van der Waals surface area contributed by atoms with Crippen LogP contribution in [-0.2, 0) is 0 Å². The highest BCUT2D eigenvalue weighted by Crippen LogP contribution is 2.18. The van der Waals surface area contributed by atoms with Gasteiger partial charge in [-0.2, -0.15) is 0 Å². The van der Waals surface area contributed by atoms with Gasteiger partial charge >= 0.3 is 0 Å². The lowest BCUT2D eigenvalue weighted by Gasteiger charge is -2.17. The molecule has 21 heavy (non-hydrogen) atoms. The van der Waals surface area contributed by atoms with E-state index >= 15 is 0 Å². The van der Waals surface area contributed by atoms with Crippen LogP contribution in [0.2, 0.25) is 0 Å². The van der Waals surface area contributed by atoms with Crippen LogP contribution in [0, 0.1) is 6.92 Å². The van der Waals surface area contributed by atoms with Gasteiger partial charge in [0.25, 0.3) is 0 Å². The first-order valence-electron chi connectivity index (χ1n) is 8.79. The monoisotopic (exact) mass is 291 g/mol. The first-order valence-corrected chi connectivity index (χ1v) is 8.79. The SMILES string of the molecule is CCCCCCCCCCC(NCC)c1cnc(C)cn1. The summed E-state index contributed by atoms with van der Waals surface area (Å²) in [6.45, 7) is 7.39. The lowest BCUT2D eigenvalue weighted by Crippen LogP contribution is -2.22. The van der Waals surface area contributed by atoms with E-state index in [1.807, 2.05) is 19.3 Å². The van der Waals surface area contributed by atoms with Gasteiger partial charge in [-0.1, -0.05) is 65.2 Å². The lowest BCUT2D eigenvalue weighted by atomic mass is 10.0. The average Bonchev–Trinajstić information content (AvgIpc) is 2.50. The highest BCUT2D eigenvalue weighted by Gasteiger charge is 2.11. The second-order valence-electron chi connectivity index (χ2n) is 5.96.